The van der Waals surface area contributed by atoms with Crippen LogP contribution in [0.5, 0.6) is 0 Å². The minimum absolute atomic E-state index is 0.172. The van der Waals surface area contributed by atoms with Crippen LogP contribution < -0.4 is 0 Å². The molecule has 0 spiro atoms. The Kier molecular flexibility index (Phi) is 2.83. The van der Waals surface area contributed by atoms with Gasteiger partial charge < -0.3 is 15.2 Å². The topological polar surface area (TPSA) is 98.3 Å². The van der Waals surface area contributed by atoms with Crippen molar-refractivity contribution in [3.05, 3.63) is 21.9 Å². The van der Waals surface area contributed by atoms with E-state index in [4.69, 9.17) is 5.11 Å². The van der Waals surface area contributed by atoms with Gasteiger partial charge in [-0.1, -0.05) is 5.10 Å². The third-order valence-corrected chi connectivity index (χ3v) is 1.52. The molecule has 1 N–H and O–H groups in total. The number of carbonyl (C=O) groups is 1. The van der Waals surface area contributed by atoms with E-state index in [0.29, 0.717) is 0 Å². The summed E-state index contributed by atoms with van der Waals surface area (Å²) in [6.45, 7) is -1.01. The molecule has 0 bridgehead atoms. The summed E-state index contributed by atoms with van der Waals surface area (Å²) in [5.41, 5.74) is -1.50. The molecule has 0 aromatic carbocycles. The number of hydrogen-bond acceptors (Lipinski definition) is 4. The van der Waals surface area contributed by atoms with E-state index in [1.54, 1.807) is 0 Å². The predicted octanol–water partition coefficient (Wildman–Crippen LogP) is 0.895. The average Bonchev–Trinajstić information content (AvgIpc) is 2.45. The van der Waals surface area contributed by atoms with Crippen molar-refractivity contribution in [1.29, 1.82) is 0 Å². The molecular formula is C6H4F3N3O4. The van der Waals surface area contributed by atoms with Gasteiger partial charge in [-0.25, -0.2) is 4.79 Å². The quantitative estimate of drug-likeness (QED) is 0.623. The minimum Gasteiger partial charge on any atom is -0.478 e. The van der Waals surface area contributed by atoms with Gasteiger partial charge in [0.05, 0.1) is 6.07 Å². The number of aliphatic carboxylic acids is 1. The van der Waals surface area contributed by atoms with Crippen LogP contribution in [0.15, 0.2) is 6.07 Å². The molecule has 16 heavy (non-hydrogen) atoms. The molecule has 0 aliphatic rings. The van der Waals surface area contributed by atoms with Crippen LogP contribution in [0.1, 0.15) is 5.69 Å². The zero-order chi connectivity index (χ0) is 12.5. The normalized spacial score (nSPS) is 11.4. The molecule has 0 saturated carbocycles. The highest BCUT2D eigenvalue weighted by atomic mass is 19.4. The zero-order valence-corrected chi connectivity index (χ0v) is 7.43. The molecule has 7 nitrogen and oxygen atoms in total. The number of halogens is 3. The number of alkyl halides is 3. The Labute approximate surface area is 85.2 Å². The van der Waals surface area contributed by atoms with E-state index in [2.05, 4.69) is 5.10 Å². The highest BCUT2D eigenvalue weighted by Gasteiger charge is 2.38. The van der Waals surface area contributed by atoms with Gasteiger partial charge in [-0.05, 0) is 4.92 Å². The summed E-state index contributed by atoms with van der Waals surface area (Å²) in [4.78, 5) is 19.4. The number of aromatic nitrogens is 2. The van der Waals surface area contributed by atoms with Gasteiger partial charge in [0.1, 0.15) is 0 Å². The Bertz CT molecular complexity index is 439. The van der Waals surface area contributed by atoms with E-state index in [1.807, 2.05) is 0 Å². The second-order valence-electron chi connectivity index (χ2n) is 2.69. The van der Waals surface area contributed by atoms with Gasteiger partial charge in [-0.2, -0.15) is 13.2 Å². The first-order valence-electron chi connectivity index (χ1n) is 3.73. The van der Waals surface area contributed by atoms with Crippen LogP contribution in [0.4, 0.5) is 19.0 Å². The summed E-state index contributed by atoms with van der Waals surface area (Å²) < 4.78 is 36.6. The van der Waals surface area contributed by atoms with Crippen molar-refractivity contribution in [2.45, 2.75) is 12.7 Å². The van der Waals surface area contributed by atoms with E-state index in [-0.39, 0.29) is 10.7 Å². The summed E-state index contributed by atoms with van der Waals surface area (Å²) in [7, 11) is 0. The highest BCUT2D eigenvalue weighted by molar-refractivity contribution is 5.66. The number of nitro groups is 1. The fourth-order valence-electron chi connectivity index (χ4n) is 0.937. The van der Waals surface area contributed by atoms with Gasteiger partial charge in [0.2, 0.25) is 6.54 Å². The summed E-state index contributed by atoms with van der Waals surface area (Å²) in [5, 5.41) is 21.5. The molecule has 1 aromatic heterocycles. The second-order valence-corrected chi connectivity index (χ2v) is 2.69. The van der Waals surface area contributed by atoms with Crippen molar-refractivity contribution in [1.82, 2.24) is 9.78 Å². The van der Waals surface area contributed by atoms with Gasteiger partial charge in [-0.15, -0.1) is 4.68 Å². The van der Waals surface area contributed by atoms with E-state index in [9.17, 15) is 28.1 Å². The van der Waals surface area contributed by atoms with E-state index < -0.39 is 35.1 Å². The van der Waals surface area contributed by atoms with Gasteiger partial charge in [0.15, 0.2) is 5.69 Å². The minimum atomic E-state index is -4.85. The molecule has 0 fully saturated rings. The highest BCUT2D eigenvalue weighted by Crippen LogP contribution is 2.30. The van der Waals surface area contributed by atoms with Crippen molar-refractivity contribution in [2.75, 3.05) is 0 Å². The molecule has 0 amide bonds. The third kappa shape index (κ3) is 2.46. The monoisotopic (exact) mass is 239 g/mol. The largest absolute Gasteiger partial charge is 0.478 e. The SMILES string of the molecule is O=C(O)Cn1nc(C(F)(F)F)cc1[N+](=O)[O-]. The summed E-state index contributed by atoms with van der Waals surface area (Å²) in [6.07, 6.45) is -4.85. The maximum Gasteiger partial charge on any atom is 0.437 e. The van der Waals surface area contributed by atoms with Crippen LogP contribution in [0.2, 0.25) is 0 Å². The lowest BCUT2D eigenvalue weighted by Crippen LogP contribution is -2.14. The molecular weight excluding hydrogens is 235 g/mol. The summed E-state index contributed by atoms with van der Waals surface area (Å²) >= 11 is 0. The van der Waals surface area contributed by atoms with E-state index in [0.717, 1.165) is 0 Å². The Morgan fingerprint density at radius 2 is 2.19 bits per heavy atom. The fourth-order valence-corrected chi connectivity index (χ4v) is 0.937. The number of carboxylic acids is 1. The lowest BCUT2D eigenvalue weighted by molar-refractivity contribution is -0.392. The first-order chi connectivity index (χ1) is 7.21. The Balaban J connectivity index is 3.20. The zero-order valence-electron chi connectivity index (χ0n) is 7.43. The first kappa shape index (κ1) is 11.9. The molecule has 0 atom stereocenters. The van der Waals surface area contributed by atoms with E-state index in [1.165, 1.54) is 0 Å². The van der Waals surface area contributed by atoms with Gasteiger partial charge >= 0.3 is 18.0 Å². The molecule has 1 rings (SSSR count). The van der Waals surface area contributed by atoms with Gasteiger partial charge in [0, 0.05) is 0 Å². The maximum atomic E-state index is 12.1. The van der Waals surface area contributed by atoms with Crippen LogP contribution in [0.3, 0.4) is 0 Å². The van der Waals surface area contributed by atoms with Crippen molar-refractivity contribution in [3.63, 3.8) is 0 Å². The predicted molar refractivity (Wildman–Crippen MR) is 41.5 cm³/mol. The number of carboxylic acid groups (broad SMARTS) is 1. The lowest BCUT2D eigenvalue weighted by atomic mass is 10.4. The second kappa shape index (κ2) is 3.79. The molecule has 0 radical (unpaired) electrons. The van der Waals surface area contributed by atoms with Crippen molar-refractivity contribution >= 4 is 11.8 Å². The van der Waals surface area contributed by atoms with Crippen LogP contribution in [-0.2, 0) is 17.5 Å². The van der Waals surface area contributed by atoms with Crippen molar-refractivity contribution < 1.29 is 28.0 Å². The van der Waals surface area contributed by atoms with E-state index >= 15 is 0 Å². The van der Waals surface area contributed by atoms with Crippen LogP contribution in [0.25, 0.3) is 0 Å². The maximum absolute atomic E-state index is 12.1. The lowest BCUT2D eigenvalue weighted by Gasteiger charge is -1.97. The molecule has 0 aliphatic heterocycles. The van der Waals surface area contributed by atoms with Gasteiger partial charge in [-0.3, -0.25) is 0 Å². The Morgan fingerprint density at radius 3 is 2.56 bits per heavy atom. The molecule has 1 heterocycles. The van der Waals surface area contributed by atoms with Gasteiger partial charge in [0.25, 0.3) is 0 Å². The molecule has 0 unspecified atom stereocenters. The molecule has 0 saturated heterocycles. The van der Waals surface area contributed by atoms with Crippen LogP contribution >= 0.6 is 0 Å². The number of nitrogens with zero attached hydrogens (tertiary/aromatic N) is 3. The molecule has 10 heteroatoms. The standard InChI is InChI=1S/C6H4F3N3O4/c7-6(8,9)3-1-4(12(15)16)11(10-3)2-5(13)14/h1H,2H2,(H,13,14). The Hall–Kier alpha value is -2.13. The smallest absolute Gasteiger partial charge is 0.437 e. The molecule has 0 aliphatic carbocycles. The average molecular weight is 239 g/mol. The third-order valence-electron chi connectivity index (χ3n) is 1.52. The first-order valence-corrected chi connectivity index (χ1v) is 3.73. The molecule has 88 valence electrons. The Morgan fingerprint density at radius 1 is 1.62 bits per heavy atom. The fraction of sp³-hybridized carbons (Fsp3) is 0.333. The van der Waals surface area contributed by atoms with Crippen molar-refractivity contribution in [2.24, 2.45) is 0 Å². The number of hydrogen-bond donors (Lipinski definition) is 1. The van der Waals surface area contributed by atoms with Crippen LogP contribution in [0, 0.1) is 10.1 Å². The molecule has 1 aromatic rings. The number of rotatable bonds is 3. The van der Waals surface area contributed by atoms with Crippen molar-refractivity contribution in [3.8, 4) is 0 Å². The summed E-state index contributed by atoms with van der Waals surface area (Å²) in [5.74, 6) is -2.55. The summed E-state index contributed by atoms with van der Waals surface area (Å²) in [6, 6.07) is 0.183. The van der Waals surface area contributed by atoms with Crippen LogP contribution in [-0.4, -0.2) is 25.8 Å².